The Kier molecular flexibility index (Phi) is 5.16. The molecule has 106 valence electrons. The molecule has 0 saturated carbocycles. The minimum atomic E-state index is -0.194. The van der Waals surface area contributed by atoms with Crippen LogP contribution in [-0.4, -0.2) is 6.54 Å². The standard InChI is InChI=1S/C17H19ClFN/c1-3-20-17(15-6-4-5-7-16(15)18)11-13-10-14(19)9-8-12(13)2/h4-10,17,20H,3,11H2,1-2H3. The fraction of sp³-hybridized carbons (Fsp3) is 0.294. The number of benzene rings is 2. The van der Waals surface area contributed by atoms with Crippen molar-refractivity contribution in [1.82, 2.24) is 5.32 Å². The van der Waals surface area contributed by atoms with Gasteiger partial charge in [-0.25, -0.2) is 4.39 Å². The third-order valence-corrected chi connectivity index (χ3v) is 3.81. The summed E-state index contributed by atoms with van der Waals surface area (Å²) in [5, 5.41) is 4.17. The first kappa shape index (κ1) is 15.0. The van der Waals surface area contributed by atoms with Gasteiger partial charge in [0.15, 0.2) is 0 Å². The maximum absolute atomic E-state index is 13.4. The zero-order valence-electron chi connectivity index (χ0n) is 11.8. The van der Waals surface area contributed by atoms with Crippen molar-refractivity contribution >= 4 is 11.6 Å². The first-order chi connectivity index (χ1) is 9.61. The molecular weight excluding hydrogens is 273 g/mol. The van der Waals surface area contributed by atoms with Crippen LogP contribution in [0.5, 0.6) is 0 Å². The molecule has 0 amide bonds. The molecule has 0 spiro atoms. The first-order valence-corrected chi connectivity index (χ1v) is 7.22. The number of halogens is 2. The highest BCUT2D eigenvalue weighted by Crippen LogP contribution is 2.26. The molecule has 1 unspecified atom stereocenters. The van der Waals surface area contributed by atoms with E-state index in [9.17, 15) is 4.39 Å². The van der Waals surface area contributed by atoms with E-state index in [4.69, 9.17) is 11.6 Å². The molecular formula is C17H19ClFN. The van der Waals surface area contributed by atoms with Crippen LogP contribution < -0.4 is 5.32 Å². The number of likely N-dealkylation sites (N-methyl/N-ethyl adjacent to an activating group) is 1. The van der Waals surface area contributed by atoms with Gasteiger partial charge in [-0.2, -0.15) is 0 Å². The van der Waals surface area contributed by atoms with E-state index in [0.29, 0.717) is 0 Å². The molecule has 1 nitrogen and oxygen atoms in total. The van der Waals surface area contributed by atoms with Crippen molar-refractivity contribution in [2.75, 3.05) is 6.54 Å². The topological polar surface area (TPSA) is 12.0 Å². The fourth-order valence-corrected chi connectivity index (χ4v) is 2.64. The smallest absolute Gasteiger partial charge is 0.123 e. The number of aryl methyl sites for hydroxylation is 1. The Labute approximate surface area is 124 Å². The lowest BCUT2D eigenvalue weighted by Gasteiger charge is -2.20. The maximum atomic E-state index is 13.4. The minimum absolute atomic E-state index is 0.0919. The summed E-state index contributed by atoms with van der Waals surface area (Å²) in [4.78, 5) is 0. The van der Waals surface area contributed by atoms with Gasteiger partial charge in [0.1, 0.15) is 5.82 Å². The van der Waals surface area contributed by atoms with Crippen LogP contribution in [0, 0.1) is 12.7 Å². The van der Waals surface area contributed by atoms with Gasteiger partial charge < -0.3 is 5.32 Å². The predicted octanol–water partition coefficient (Wildman–Crippen LogP) is 4.68. The molecule has 0 aliphatic heterocycles. The zero-order valence-corrected chi connectivity index (χ0v) is 12.5. The van der Waals surface area contributed by atoms with E-state index in [-0.39, 0.29) is 11.9 Å². The molecule has 3 heteroatoms. The third-order valence-electron chi connectivity index (χ3n) is 3.47. The van der Waals surface area contributed by atoms with E-state index in [2.05, 4.69) is 12.2 Å². The van der Waals surface area contributed by atoms with Crippen LogP contribution in [0.3, 0.4) is 0 Å². The number of hydrogen-bond acceptors (Lipinski definition) is 1. The summed E-state index contributed by atoms with van der Waals surface area (Å²) in [6, 6.07) is 12.8. The Balaban J connectivity index is 2.30. The third kappa shape index (κ3) is 3.59. The fourth-order valence-electron chi connectivity index (χ4n) is 2.38. The van der Waals surface area contributed by atoms with Gasteiger partial charge in [0.25, 0.3) is 0 Å². The van der Waals surface area contributed by atoms with E-state index in [1.165, 1.54) is 6.07 Å². The van der Waals surface area contributed by atoms with Gasteiger partial charge in [0.05, 0.1) is 0 Å². The van der Waals surface area contributed by atoms with Crippen LogP contribution in [0.4, 0.5) is 4.39 Å². The lowest BCUT2D eigenvalue weighted by Crippen LogP contribution is -2.23. The molecule has 2 rings (SSSR count). The first-order valence-electron chi connectivity index (χ1n) is 6.84. The summed E-state index contributed by atoms with van der Waals surface area (Å²) in [6.45, 7) is 4.90. The van der Waals surface area contributed by atoms with Crippen molar-refractivity contribution in [3.05, 3.63) is 70.0 Å². The molecule has 0 saturated heterocycles. The summed E-state index contributed by atoms with van der Waals surface area (Å²) in [5.74, 6) is -0.194. The summed E-state index contributed by atoms with van der Waals surface area (Å²) < 4.78 is 13.4. The molecule has 2 aromatic carbocycles. The quantitative estimate of drug-likeness (QED) is 0.843. The Bertz CT molecular complexity index is 583. The molecule has 1 N–H and O–H groups in total. The van der Waals surface area contributed by atoms with Crippen LogP contribution in [0.25, 0.3) is 0 Å². The van der Waals surface area contributed by atoms with Crippen molar-refractivity contribution in [2.45, 2.75) is 26.3 Å². The van der Waals surface area contributed by atoms with E-state index < -0.39 is 0 Å². The predicted molar refractivity (Wildman–Crippen MR) is 82.7 cm³/mol. The summed E-state index contributed by atoms with van der Waals surface area (Å²) in [7, 11) is 0. The Morgan fingerprint density at radius 3 is 2.65 bits per heavy atom. The van der Waals surface area contributed by atoms with Gasteiger partial charge in [0.2, 0.25) is 0 Å². The Morgan fingerprint density at radius 2 is 1.95 bits per heavy atom. The van der Waals surface area contributed by atoms with Crippen molar-refractivity contribution in [1.29, 1.82) is 0 Å². The van der Waals surface area contributed by atoms with Crippen LogP contribution in [-0.2, 0) is 6.42 Å². The van der Waals surface area contributed by atoms with Gasteiger partial charge >= 0.3 is 0 Å². The highest BCUT2D eigenvalue weighted by Gasteiger charge is 2.15. The second kappa shape index (κ2) is 6.87. The molecule has 0 aliphatic carbocycles. The summed E-state index contributed by atoms with van der Waals surface area (Å²) in [5.41, 5.74) is 3.16. The van der Waals surface area contributed by atoms with Gasteiger partial charge in [-0.15, -0.1) is 0 Å². The van der Waals surface area contributed by atoms with Crippen molar-refractivity contribution in [2.24, 2.45) is 0 Å². The average Bonchev–Trinajstić information content (AvgIpc) is 2.43. The summed E-state index contributed by atoms with van der Waals surface area (Å²) in [6.07, 6.45) is 0.723. The second-order valence-corrected chi connectivity index (χ2v) is 5.31. The molecule has 0 bridgehead atoms. The zero-order chi connectivity index (χ0) is 14.5. The van der Waals surface area contributed by atoms with Gasteiger partial charge in [-0.1, -0.05) is 42.8 Å². The molecule has 0 heterocycles. The number of hydrogen-bond donors (Lipinski definition) is 1. The molecule has 0 radical (unpaired) electrons. The SMILES string of the molecule is CCNC(Cc1cc(F)ccc1C)c1ccccc1Cl. The molecule has 0 aromatic heterocycles. The van der Waals surface area contributed by atoms with Crippen LogP contribution in [0.1, 0.15) is 29.7 Å². The van der Waals surface area contributed by atoms with Gasteiger partial charge in [0, 0.05) is 11.1 Å². The van der Waals surface area contributed by atoms with E-state index in [0.717, 1.165) is 34.7 Å². The van der Waals surface area contributed by atoms with Crippen LogP contribution in [0.2, 0.25) is 5.02 Å². The maximum Gasteiger partial charge on any atom is 0.123 e. The number of nitrogens with one attached hydrogen (secondary N) is 1. The summed E-state index contributed by atoms with van der Waals surface area (Å²) >= 11 is 6.28. The van der Waals surface area contributed by atoms with Gasteiger partial charge in [-0.05, 0) is 54.8 Å². The lowest BCUT2D eigenvalue weighted by atomic mass is 9.96. The normalized spacial score (nSPS) is 12.4. The van der Waals surface area contributed by atoms with E-state index >= 15 is 0 Å². The Morgan fingerprint density at radius 1 is 1.20 bits per heavy atom. The monoisotopic (exact) mass is 291 g/mol. The average molecular weight is 292 g/mol. The molecule has 2 aromatic rings. The van der Waals surface area contributed by atoms with Crippen molar-refractivity contribution in [3.63, 3.8) is 0 Å². The Hall–Kier alpha value is -1.38. The number of rotatable bonds is 5. The minimum Gasteiger partial charge on any atom is -0.310 e. The molecule has 1 atom stereocenters. The van der Waals surface area contributed by atoms with E-state index in [1.807, 2.05) is 37.3 Å². The molecule has 20 heavy (non-hydrogen) atoms. The molecule has 0 aliphatic rings. The van der Waals surface area contributed by atoms with E-state index in [1.54, 1.807) is 6.07 Å². The van der Waals surface area contributed by atoms with Crippen molar-refractivity contribution in [3.8, 4) is 0 Å². The lowest BCUT2D eigenvalue weighted by molar-refractivity contribution is 0.545. The highest BCUT2D eigenvalue weighted by atomic mass is 35.5. The van der Waals surface area contributed by atoms with Gasteiger partial charge in [-0.3, -0.25) is 0 Å². The highest BCUT2D eigenvalue weighted by molar-refractivity contribution is 6.31. The van der Waals surface area contributed by atoms with Crippen molar-refractivity contribution < 1.29 is 4.39 Å². The van der Waals surface area contributed by atoms with Crippen LogP contribution >= 0.6 is 11.6 Å². The largest absolute Gasteiger partial charge is 0.310 e. The molecule has 0 fully saturated rings. The second-order valence-electron chi connectivity index (χ2n) is 4.91. The van der Waals surface area contributed by atoms with Crippen LogP contribution in [0.15, 0.2) is 42.5 Å².